The van der Waals surface area contributed by atoms with E-state index in [1.807, 2.05) is 0 Å². The van der Waals surface area contributed by atoms with Crippen molar-refractivity contribution in [3.8, 4) is 22.8 Å². The van der Waals surface area contributed by atoms with E-state index in [1.165, 1.54) is 18.5 Å². The molecule has 0 saturated heterocycles. The monoisotopic (exact) mass is 616 g/mol. The summed E-state index contributed by atoms with van der Waals surface area (Å²) >= 11 is 5.85. The standard InChI is InChI=1S/C23H24ClFN6O2S.C2HF3O2/c1-22(13-34(32,27-2)23(21(26)30-22)7-3-4-8-23)16-9-14(5-6-17(16)25)19-10-18(31-33-19)20-28-11-15(24)12-29-20;3-2(4,5)1(6)7/h5-6,9-12H,3-4,7-8,13H2,1-2H3,(H2,26,30);(H,6,7)/t22-,34-;/m0./s1. The van der Waals surface area contributed by atoms with Gasteiger partial charge in [0.1, 0.15) is 21.9 Å². The number of carbonyl (C=O) groups is 1. The van der Waals surface area contributed by atoms with E-state index >= 15 is 4.39 Å². The lowest BCUT2D eigenvalue weighted by atomic mass is 9.91. The third kappa shape index (κ3) is 5.77. The molecule has 1 fully saturated rings. The Morgan fingerprint density at radius 2 is 1.80 bits per heavy atom. The van der Waals surface area contributed by atoms with Crippen LogP contribution < -0.4 is 5.73 Å². The Kier molecular flexibility index (Phi) is 8.15. The van der Waals surface area contributed by atoms with Crippen molar-refractivity contribution < 1.29 is 36.2 Å². The second-order valence-corrected chi connectivity index (χ2v) is 12.9. The van der Waals surface area contributed by atoms with Gasteiger partial charge in [0.05, 0.1) is 20.5 Å². The minimum Gasteiger partial charge on any atom is -0.475 e. The van der Waals surface area contributed by atoms with Crippen molar-refractivity contribution in [3.05, 3.63) is 53.1 Å². The summed E-state index contributed by atoms with van der Waals surface area (Å²) in [6, 6.07) is 6.24. The number of amidine groups is 1. The van der Waals surface area contributed by atoms with Crippen LogP contribution in [0.1, 0.15) is 38.2 Å². The average Bonchev–Trinajstić information content (AvgIpc) is 3.60. The van der Waals surface area contributed by atoms with Crippen molar-refractivity contribution in [2.24, 2.45) is 15.1 Å². The van der Waals surface area contributed by atoms with Gasteiger partial charge in [-0.3, -0.25) is 4.99 Å². The third-order valence-corrected chi connectivity index (χ3v) is 10.6. The molecule has 3 aromatic rings. The number of alkyl halides is 3. The number of carboxylic acid groups (broad SMARTS) is 1. The maximum Gasteiger partial charge on any atom is 0.490 e. The highest BCUT2D eigenvalue weighted by Crippen LogP contribution is 2.46. The summed E-state index contributed by atoms with van der Waals surface area (Å²) in [5.41, 5.74) is 6.59. The van der Waals surface area contributed by atoms with Crippen LogP contribution in [0.15, 0.2) is 50.5 Å². The Balaban J connectivity index is 0.000000493. The molecule has 0 radical (unpaired) electrons. The van der Waals surface area contributed by atoms with Crippen molar-refractivity contribution in [3.63, 3.8) is 0 Å². The molecule has 1 aromatic carbocycles. The zero-order chi connectivity index (χ0) is 30.2. The summed E-state index contributed by atoms with van der Waals surface area (Å²) in [4.78, 5) is 21.9. The number of rotatable bonds is 3. The van der Waals surface area contributed by atoms with Crippen LogP contribution >= 0.6 is 11.6 Å². The molecule has 0 amide bonds. The number of benzene rings is 1. The molecule has 41 heavy (non-hydrogen) atoms. The topological polar surface area (TPSA) is 157 Å². The lowest BCUT2D eigenvalue weighted by Crippen LogP contribution is -2.56. The van der Waals surface area contributed by atoms with Gasteiger partial charge in [-0.1, -0.05) is 29.6 Å². The maximum absolute atomic E-state index is 15.2. The third-order valence-electron chi connectivity index (χ3n) is 7.06. The summed E-state index contributed by atoms with van der Waals surface area (Å²) in [6.45, 7) is 1.75. The van der Waals surface area contributed by atoms with Crippen LogP contribution in [-0.4, -0.2) is 60.0 Å². The second kappa shape index (κ2) is 11.0. The van der Waals surface area contributed by atoms with Gasteiger partial charge >= 0.3 is 12.1 Å². The number of nitrogens with two attached hydrogens (primary N) is 1. The van der Waals surface area contributed by atoms with Gasteiger partial charge in [-0.2, -0.15) is 13.2 Å². The lowest BCUT2D eigenvalue weighted by Gasteiger charge is -2.42. The highest BCUT2D eigenvalue weighted by molar-refractivity contribution is 7.95. The van der Waals surface area contributed by atoms with Crippen LogP contribution in [0.2, 0.25) is 5.02 Å². The number of carboxylic acids is 1. The van der Waals surface area contributed by atoms with Crippen LogP contribution in [0.25, 0.3) is 22.8 Å². The van der Waals surface area contributed by atoms with Crippen molar-refractivity contribution in [1.29, 1.82) is 0 Å². The van der Waals surface area contributed by atoms with Crippen LogP contribution in [0, 0.1) is 5.82 Å². The predicted octanol–water partition coefficient (Wildman–Crippen LogP) is 5.22. The molecule has 3 N–H and O–H groups in total. The van der Waals surface area contributed by atoms with E-state index in [1.54, 1.807) is 32.2 Å². The molecule has 10 nitrogen and oxygen atoms in total. The number of hydrogen-bond donors (Lipinski definition) is 2. The minimum atomic E-state index is -5.08. The maximum atomic E-state index is 15.2. The van der Waals surface area contributed by atoms with Gasteiger partial charge < -0.3 is 15.4 Å². The molecule has 1 aliphatic heterocycles. The minimum absolute atomic E-state index is 0.0951. The Morgan fingerprint density at radius 3 is 2.37 bits per heavy atom. The fourth-order valence-electron chi connectivity index (χ4n) is 5.03. The first-order chi connectivity index (χ1) is 19.1. The van der Waals surface area contributed by atoms with E-state index in [2.05, 4.69) is 19.5 Å². The molecule has 3 heterocycles. The van der Waals surface area contributed by atoms with E-state index in [0.717, 1.165) is 12.8 Å². The first-order valence-electron chi connectivity index (χ1n) is 12.2. The molecule has 2 atom stereocenters. The zero-order valence-electron chi connectivity index (χ0n) is 21.8. The number of aliphatic carboxylic acids is 1. The Hall–Kier alpha value is -3.59. The van der Waals surface area contributed by atoms with Crippen LogP contribution in [0.3, 0.4) is 0 Å². The quantitative estimate of drug-likeness (QED) is 0.379. The molecule has 220 valence electrons. The molecule has 1 saturated carbocycles. The molecular formula is C25H25ClF4N6O4S. The summed E-state index contributed by atoms with van der Waals surface area (Å²) < 4.78 is 70.1. The molecule has 1 spiro atoms. The van der Waals surface area contributed by atoms with Crippen molar-refractivity contribution in [2.75, 3.05) is 12.8 Å². The molecule has 16 heteroatoms. The average molecular weight is 617 g/mol. The van der Waals surface area contributed by atoms with E-state index in [9.17, 15) is 17.4 Å². The smallest absolute Gasteiger partial charge is 0.475 e. The summed E-state index contributed by atoms with van der Waals surface area (Å²) in [5.74, 6) is -2.07. The van der Waals surface area contributed by atoms with E-state index in [4.69, 9.17) is 36.8 Å². The highest BCUT2D eigenvalue weighted by atomic mass is 35.5. The fraction of sp³-hybridized carbons (Fsp3) is 0.400. The number of aliphatic imine (C=N–C) groups is 1. The predicted molar refractivity (Wildman–Crippen MR) is 143 cm³/mol. The van der Waals surface area contributed by atoms with Crippen LogP contribution in [0.4, 0.5) is 17.6 Å². The van der Waals surface area contributed by atoms with Crippen molar-refractivity contribution in [1.82, 2.24) is 15.1 Å². The van der Waals surface area contributed by atoms with Gasteiger partial charge in [-0.25, -0.2) is 27.7 Å². The first-order valence-corrected chi connectivity index (χ1v) is 14.2. The van der Waals surface area contributed by atoms with Crippen LogP contribution in [0.5, 0.6) is 0 Å². The van der Waals surface area contributed by atoms with Gasteiger partial charge in [0.2, 0.25) is 0 Å². The van der Waals surface area contributed by atoms with Gasteiger partial charge in [-0.05, 0) is 38.0 Å². The molecule has 2 aromatic heterocycles. The Labute approximate surface area is 237 Å². The summed E-state index contributed by atoms with van der Waals surface area (Å²) in [6.07, 6.45) is 1.07. The SMILES string of the molecule is CN=[S@]1(=O)C[C@@](C)(c2cc(-c3cc(-c4ncc(Cl)cn4)no3)ccc2F)N=C(N)C12CCCC2.O=C(O)C(F)(F)F. The van der Waals surface area contributed by atoms with Gasteiger partial charge in [0, 0.05) is 36.6 Å². The van der Waals surface area contributed by atoms with Crippen molar-refractivity contribution >= 4 is 33.1 Å². The van der Waals surface area contributed by atoms with Crippen molar-refractivity contribution in [2.45, 2.75) is 49.1 Å². The zero-order valence-corrected chi connectivity index (χ0v) is 23.4. The molecule has 0 bridgehead atoms. The van der Waals surface area contributed by atoms with E-state index in [0.29, 0.717) is 46.5 Å². The Morgan fingerprint density at radius 1 is 1.20 bits per heavy atom. The van der Waals surface area contributed by atoms with Gasteiger partial charge in [0.15, 0.2) is 17.3 Å². The second-order valence-electron chi connectivity index (χ2n) is 9.74. The number of aromatic nitrogens is 3. The summed E-state index contributed by atoms with van der Waals surface area (Å²) in [7, 11) is -1.20. The van der Waals surface area contributed by atoms with E-state index < -0.39 is 38.0 Å². The molecule has 5 rings (SSSR count). The number of halogens is 5. The molecule has 0 unspecified atom stereocenters. The van der Waals surface area contributed by atoms with Crippen LogP contribution in [-0.2, 0) is 20.1 Å². The normalized spacial score (nSPS) is 23.4. The number of hydrogen-bond acceptors (Lipinski definition) is 9. The lowest BCUT2D eigenvalue weighted by molar-refractivity contribution is -0.192. The highest BCUT2D eigenvalue weighted by Gasteiger charge is 2.54. The van der Waals surface area contributed by atoms with Gasteiger partial charge in [0.25, 0.3) is 0 Å². The van der Waals surface area contributed by atoms with Gasteiger partial charge in [-0.15, -0.1) is 0 Å². The largest absolute Gasteiger partial charge is 0.490 e. The van der Waals surface area contributed by atoms with E-state index in [-0.39, 0.29) is 11.3 Å². The molecule has 1 aliphatic carbocycles. The number of nitrogens with zero attached hydrogens (tertiary/aromatic N) is 5. The first kappa shape index (κ1) is 30.4. The molecule has 2 aliphatic rings. The Bertz CT molecular complexity index is 1610. The fourth-order valence-corrected chi connectivity index (χ4v) is 8.17. The molecular weight excluding hydrogens is 592 g/mol. The summed E-state index contributed by atoms with van der Waals surface area (Å²) in [5, 5.41) is 11.6.